The smallest absolute Gasteiger partial charge is 0.0708 e. The van der Waals surface area contributed by atoms with Gasteiger partial charge in [-0.3, -0.25) is 0 Å². The maximum Gasteiger partial charge on any atom is 0.0708 e. The molecule has 4 heteroatoms. The second-order valence-electron chi connectivity index (χ2n) is 9.35. The van der Waals surface area contributed by atoms with E-state index < -0.39 is 0 Å². The van der Waals surface area contributed by atoms with Crippen LogP contribution >= 0.6 is 22.7 Å². The zero-order valence-corrected chi connectivity index (χ0v) is 19.1. The topological polar surface area (TPSA) is 24.1 Å². The largest absolute Gasteiger partial charge is 0.379 e. The Balaban J connectivity index is 2.01. The summed E-state index contributed by atoms with van der Waals surface area (Å²) in [5.41, 5.74) is 2.48. The summed E-state index contributed by atoms with van der Waals surface area (Å²) in [6.07, 6.45) is 0. The van der Waals surface area contributed by atoms with Crippen molar-refractivity contribution in [1.29, 1.82) is 0 Å². The average molecular weight is 409 g/mol. The van der Waals surface area contributed by atoms with Crippen LogP contribution < -0.4 is 10.6 Å². The first kappa shape index (κ1) is 19.3. The van der Waals surface area contributed by atoms with Crippen LogP contribution in [0.3, 0.4) is 0 Å². The minimum absolute atomic E-state index is 0.00705. The Morgan fingerprint density at radius 3 is 1.29 bits per heavy atom. The Morgan fingerprint density at radius 2 is 0.929 bits per heavy atom. The summed E-state index contributed by atoms with van der Waals surface area (Å²) in [6, 6.07) is 17.4. The number of rotatable bonds is 3. The highest BCUT2D eigenvalue weighted by molar-refractivity contribution is 7.29. The molecule has 28 heavy (non-hydrogen) atoms. The lowest BCUT2D eigenvalue weighted by Crippen LogP contribution is -2.27. The monoisotopic (exact) mass is 408 g/mol. The second kappa shape index (κ2) is 6.78. The maximum absolute atomic E-state index is 3.79. The number of fused-ring (bicyclic) bond motifs is 2. The lowest BCUT2D eigenvalue weighted by atomic mass is 10.1. The molecule has 2 N–H and O–H groups in total. The Labute approximate surface area is 175 Å². The molecule has 4 rings (SSSR count). The fourth-order valence-electron chi connectivity index (χ4n) is 3.41. The summed E-state index contributed by atoms with van der Waals surface area (Å²) in [7, 11) is 0. The third-order valence-electron chi connectivity index (χ3n) is 4.40. The summed E-state index contributed by atoms with van der Waals surface area (Å²) < 4.78 is 2.65. The van der Waals surface area contributed by atoms with Gasteiger partial charge in [-0.15, -0.1) is 22.7 Å². The molecule has 2 aromatic heterocycles. The van der Waals surface area contributed by atoms with Gasteiger partial charge in [0.1, 0.15) is 0 Å². The molecule has 0 unspecified atom stereocenters. The van der Waals surface area contributed by atoms with Crippen molar-refractivity contribution in [2.75, 3.05) is 10.6 Å². The van der Waals surface area contributed by atoms with Gasteiger partial charge in [0.25, 0.3) is 0 Å². The quantitative estimate of drug-likeness (QED) is 0.357. The Kier molecular flexibility index (Phi) is 4.67. The van der Waals surface area contributed by atoms with Crippen molar-refractivity contribution in [3.8, 4) is 9.75 Å². The minimum atomic E-state index is -0.00705. The molecule has 4 aromatic rings. The molecule has 2 aromatic carbocycles. The number of hydrogen-bond acceptors (Lipinski definition) is 4. The highest BCUT2D eigenvalue weighted by Crippen LogP contribution is 2.51. The van der Waals surface area contributed by atoms with Crippen LogP contribution in [-0.4, -0.2) is 11.1 Å². The molecular formula is C24H28N2S2. The first-order valence-electron chi connectivity index (χ1n) is 9.72. The van der Waals surface area contributed by atoms with Crippen LogP contribution in [0.25, 0.3) is 29.9 Å². The minimum Gasteiger partial charge on any atom is -0.379 e. The molecule has 0 aliphatic rings. The van der Waals surface area contributed by atoms with E-state index in [1.54, 1.807) is 0 Å². The van der Waals surface area contributed by atoms with Gasteiger partial charge in [-0.1, -0.05) is 36.4 Å². The van der Waals surface area contributed by atoms with Crippen molar-refractivity contribution < 1.29 is 0 Å². The Morgan fingerprint density at radius 1 is 0.571 bits per heavy atom. The van der Waals surface area contributed by atoms with Crippen LogP contribution in [0.15, 0.2) is 48.5 Å². The van der Waals surface area contributed by atoms with Crippen LogP contribution in [0.5, 0.6) is 0 Å². The first-order chi connectivity index (χ1) is 13.1. The van der Waals surface area contributed by atoms with E-state index in [-0.39, 0.29) is 11.1 Å². The van der Waals surface area contributed by atoms with Gasteiger partial charge in [0.2, 0.25) is 0 Å². The zero-order chi connectivity index (χ0) is 20.1. The van der Waals surface area contributed by atoms with Crippen LogP contribution in [-0.2, 0) is 0 Å². The predicted octanol–water partition coefficient (Wildman–Crippen LogP) is 8.20. The standard InChI is InChI=1S/C24H28N2S2/c1-23(2,3)25-19-15-11-7-9-13-17(15)27-21(19)22-20(26-24(4,5)6)16-12-8-10-14-18(16)28-22/h7-14,25-26H,1-6H3. The van der Waals surface area contributed by atoms with Crippen LogP contribution in [0.1, 0.15) is 41.5 Å². The molecule has 0 bridgehead atoms. The molecule has 2 heterocycles. The van der Waals surface area contributed by atoms with Gasteiger partial charge in [-0.2, -0.15) is 0 Å². The predicted molar refractivity (Wildman–Crippen MR) is 129 cm³/mol. The van der Waals surface area contributed by atoms with Gasteiger partial charge in [0.15, 0.2) is 0 Å². The van der Waals surface area contributed by atoms with Gasteiger partial charge >= 0.3 is 0 Å². The highest BCUT2D eigenvalue weighted by Gasteiger charge is 2.25. The normalized spacial score (nSPS) is 12.6. The molecule has 0 fully saturated rings. The Bertz CT molecular complexity index is 1050. The molecule has 0 aliphatic heterocycles. The molecule has 0 atom stereocenters. The fourth-order valence-corrected chi connectivity index (χ4v) is 5.87. The van der Waals surface area contributed by atoms with Gasteiger partial charge in [0, 0.05) is 31.3 Å². The van der Waals surface area contributed by atoms with E-state index in [0.717, 1.165) is 0 Å². The number of benzene rings is 2. The molecule has 0 saturated carbocycles. The van der Waals surface area contributed by atoms with Crippen LogP contribution in [0.4, 0.5) is 11.4 Å². The highest BCUT2D eigenvalue weighted by atomic mass is 32.1. The molecule has 0 amide bonds. The van der Waals surface area contributed by atoms with E-state index in [9.17, 15) is 0 Å². The molecule has 0 radical (unpaired) electrons. The summed E-state index contributed by atoms with van der Waals surface area (Å²) in [6.45, 7) is 13.3. The van der Waals surface area contributed by atoms with E-state index in [4.69, 9.17) is 0 Å². The maximum atomic E-state index is 3.79. The zero-order valence-electron chi connectivity index (χ0n) is 17.4. The second-order valence-corrected chi connectivity index (χ2v) is 11.5. The number of anilines is 2. The average Bonchev–Trinajstić information content (AvgIpc) is 3.11. The van der Waals surface area contributed by atoms with Crippen LogP contribution in [0, 0.1) is 0 Å². The number of hydrogen-bond donors (Lipinski definition) is 2. The van der Waals surface area contributed by atoms with Crippen molar-refractivity contribution in [1.82, 2.24) is 0 Å². The fraction of sp³-hybridized carbons (Fsp3) is 0.333. The van der Waals surface area contributed by atoms with E-state index in [0.29, 0.717) is 0 Å². The van der Waals surface area contributed by atoms with Crippen molar-refractivity contribution in [3.05, 3.63) is 48.5 Å². The SMILES string of the molecule is CC(C)(C)Nc1c(-c2sc3ccccc3c2NC(C)(C)C)sc2ccccc12. The number of thiophene rings is 2. The van der Waals surface area contributed by atoms with Crippen molar-refractivity contribution >= 4 is 54.2 Å². The summed E-state index contributed by atoms with van der Waals surface area (Å²) in [5, 5.41) is 10.2. The molecule has 0 aliphatic carbocycles. The van der Waals surface area contributed by atoms with Gasteiger partial charge in [-0.05, 0) is 53.7 Å². The van der Waals surface area contributed by atoms with Gasteiger partial charge in [0.05, 0.1) is 21.1 Å². The molecular weight excluding hydrogens is 380 g/mol. The van der Waals surface area contributed by atoms with E-state index in [2.05, 4.69) is 101 Å². The third kappa shape index (κ3) is 3.76. The van der Waals surface area contributed by atoms with E-state index >= 15 is 0 Å². The Hall–Kier alpha value is -2.04. The lowest BCUT2D eigenvalue weighted by molar-refractivity contribution is 0.634. The molecule has 0 spiro atoms. The van der Waals surface area contributed by atoms with Gasteiger partial charge < -0.3 is 10.6 Å². The van der Waals surface area contributed by atoms with Crippen molar-refractivity contribution in [2.45, 2.75) is 52.6 Å². The van der Waals surface area contributed by atoms with Crippen molar-refractivity contribution in [2.24, 2.45) is 0 Å². The summed E-state index contributed by atoms with van der Waals surface area (Å²) in [5.74, 6) is 0. The van der Waals surface area contributed by atoms with Gasteiger partial charge in [-0.25, -0.2) is 0 Å². The first-order valence-corrected chi connectivity index (χ1v) is 11.4. The summed E-state index contributed by atoms with van der Waals surface area (Å²) >= 11 is 3.76. The van der Waals surface area contributed by atoms with Crippen molar-refractivity contribution in [3.63, 3.8) is 0 Å². The van der Waals surface area contributed by atoms with E-state index in [1.807, 2.05) is 22.7 Å². The molecule has 2 nitrogen and oxygen atoms in total. The molecule has 146 valence electrons. The third-order valence-corrected chi connectivity index (χ3v) is 6.90. The van der Waals surface area contributed by atoms with Crippen LogP contribution in [0.2, 0.25) is 0 Å². The molecule has 0 saturated heterocycles. The number of nitrogens with one attached hydrogen (secondary N) is 2. The summed E-state index contributed by atoms with van der Waals surface area (Å²) in [4.78, 5) is 2.65. The lowest BCUT2D eigenvalue weighted by Gasteiger charge is -2.25. The van der Waals surface area contributed by atoms with E-state index in [1.165, 1.54) is 41.3 Å².